The SMILES string of the molecule is CC(C)(C)OC(=O)N1CCOCC1C(=O)NC1(c2ccc(F)c(C(F)(F)F)c2)CC1. The van der Waals surface area contributed by atoms with Gasteiger partial charge in [-0.3, -0.25) is 9.69 Å². The Morgan fingerprint density at radius 3 is 2.47 bits per heavy atom. The molecule has 1 aromatic rings. The summed E-state index contributed by atoms with van der Waals surface area (Å²) in [6.45, 7) is 5.43. The molecule has 10 heteroatoms. The van der Waals surface area contributed by atoms with Crippen LogP contribution < -0.4 is 5.32 Å². The molecule has 1 aliphatic heterocycles. The summed E-state index contributed by atoms with van der Waals surface area (Å²) in [6.07, 6.45) is -4.70. The van der Waals surface area contributed by atoms with Crippen LogP contribution in [0.1, 0.15) is 44.7 Å². The van der Waals surface area contributed by atoms with Gasteiger partial charge in [-0.15, -0.1) is 0 Å². The van der Waals surface area contributed by atoms with Gasteiger partial charge < -0.3 is 14.8 Å². The zero-order valence-corrected chi connectivity index (χ0v) is 16.9. The van der Waals surface area contributed by atoms with E-state index in [9.17, 15) is 27.2 Å². The third kappa shape index (κ3) is 4.85. The minimum absolute atomic E-state index is 0.0572. The molecule has 2 aliphatic rings. The highest BCUT2D eigenvalue weighted by atomic mass is 19.4. The lowest BCUT2D eigenvalue weighted by Gasteiger charge is -2.36. The molecule has 1 aromatic carbocycles. The summed E-state index contributed by atoms with van der Waals surface area (Å²) in [5, 5.41) is 2.74. The normalized spacial score (nSPS) is 21.2. The number of ether oxygens (including phenoxy) is 2. The first-order valence-corrected chi connectivity index (χ1v) is 9.59. The van der Waals surface area contributed by atoms with Crippen LogP contribution in [0.15, 0.2) is 18.2 Å². The van der Waals surface area contributed by atoms with Gasteiger partial charge >= 0.3 is 12.3 Å². The summed E-state index contributed by atoms with van der Waals surface area (Å²) >= 11 is 0. The third-order valence-electron chi connectivity index (χ3n) is 5.00. The molecule has 3 rings (SSSR count). The van der Waals surface area contributed by atoms with Crippen LogP contribution >= 0.6 is 0 Å². The molecule has 0 spiro atoms. The number of amides is 2. The van der Waals surface area contributed by atoms with Crippen molar-refractivity contribution in [3.63, 3.8) is 0 Å². The van der Waals surface area contributed by atoms with E-state index in [1.165, 1.54) is 11.0 Å². The number of halogens is 4. The second-order valence-corrected chi connectivity index (χ2v) is 8.53. The molecule has 1 N–H and O–H groups in total. The number of carbonyl (C=O) groups excluding carboxylic acids is 2. The van der Waals surface area contributed by atoms with Crippen molar-refractivity contribution in [2.45, 2.75) is 57.0 Å². The average molecular weight is 432 g/mol. The highest BCUT2D eigenvalue weighted by molar-refractivity contribution is 5.87. The molecular formula is C20H24F4N2O4. The zero-order valence-electron chi connectivity index (χ0n) is 16.9. The quantitative estimate of drug-likeness (QED) is 0.742. The molecule has 1 aliphatic carbocycles. The zero-order chi connectivity index (χ0) is 22.3. The number of hydrogen-bond donors (Lipinski definition) is 1. The van der Waals surface area contributed by atoms with Gasteiger partial charge in [0.05, 0.1) is 24.3 Å². The van der Waals surface area contributed by atoms with Crippen LogP contribution in [0.4, 0.5) is 22.4 Å². The summed E-state index contributed by atoms with van der Waals surface area (Å²) in [6, 6.07) is 1.74. The van der Waals surface area contributed by atoms with Gasteiger partial charge in [-0.1, -0.05) is 6.07 Å². The van der Waals surface area contributed by atoms with Crippen molar-refractivity contribution in [3.05, 3.63) is 35.1 Å². The van der Waals surface area contributed by atoms with Gasteiger partial charge in [0.2, 0.25) is 5.91 Å². The number of nitrogens with one attached hydrogen (secondary N) is 1. The lowest BCUT2D eigenvalue weighted by molar-refractivity contribution is -0.140. The van der Waals surface area contributed by atoms with E-state index in [2.05, 4.69) is 5.32 Å². The van der Waals surface area contributed by atoms with E-state index < -0.39 is 46.7 Å². The first-order valence-electron chi connectivity index (χ1n) is 9.59. The largest absolute Gasteiger partial charge is 0.444 e. The van der Waals surface area contributed by atoms with Crippen molar-refractivity contribution in [2.75, 3.05) is 19.8 Å². The van der Waals surface area contributed by atoms with Crippen LogP contribution in [0.25, 0.3) is 0 Å². The minimum Gasteiger partial charge on any atom is -0.444 e. The van der Waals surface area contributed by atoms with E-state index in [4.69, 9.17) is 9.47 Å². The van der Waals surface area contributed by atoms with E-state index in [-0.39, 0.29) is 25.3 Å². The number of nitrogens with zero attached hydrogens (tertiary/aromatic N) is 1. The molecule has 6 nitrogen and oxygen atoms in total. The van der Waals surface area contributed by atoms with Crippen molar-refractivity contribution in [1.82, 2.24) is 10.2 Å². The lowest BCUT2D eigenvalue weighted by atomic mass is 10.0. The Kier molecular flexibility index (Phi) is 5.74. The van der Waals surface area contributed by atoms with Crippen LogP contribution in [0, 0.1) is 5.82 Å². The Hall–Kier alpha value is -2.36. The minimum atomic E-state index is -4.84. The number of morpholine rings is 1. The summed E-state index contributed by atoms with van der Waals surface area (Å²) < 4.78 is 63.5. The fraction of sp³-hybridized carbons (Fsp3) is 0.600. The van der Waals surface area contributed by atoms with Crippen molar-refractivity contribution in [1.29, 1.82) is 0 Å². The van der Waals surface area contributed by atoms with Crippen LogP contribution in [-0.2, 0) is 26.0 Å². The van der Waals surface area contributed by atoms with Crippen LogP contribution in [-0.4, -0.2) is 48.3 Å². The summed E-state index contributed by atoms with van der Waals surface area (Å²) in [4.78, 5) is 26.6. The monoisotopic (exact) mass is 432 g/mol. The molecule has 166 valence electrons. The molecule has 1 unspecified atom stereocenters. The van der Waals surface area contributed by atoms with Gasteiger partial charge in [0.1, 0.15) is 17.5 Å². The molecule has 0 radical (unpaired) electrons. The van der Waals surface area contributed by atoms with Crippen LogP contribution in [0.3, 0.4) is 0 Å². The van der Waals surface area contributed by atoms with Gasteiger partial charge in [0.15, 0.2) is 0 Å². The van der Waals surface area contributed by atoms with Crippen LogP contribution in [0.5, 0.6) is 0 Å². The Morgan fingerprint density at radius 2 is 1.90 bits per heavy atom. The van der Waals surface area contributed by atoms with E-state index in [0.717, 1.165) is 12.1 Å². The van der Waals surface area contributed by atoms with Crippen molar-refractivity contribution < 1.29 is 36.6 Å². The second kappa shape index (κ2) is 7.72. The number of alkyl halides is 3. The van der Waals surface area contributed by atoms with Gasteiger partial charge in [0.25, 0.3) is 0 Å². The predicted octanol–water partition coefficient (Wildman–Crippen LogP) is 3.59. The number of benzene rings is 1. The van der Waals surface area contributed by atoms with Crippen molar-refractivity contribution >= 4 is 12.0 Å². The van der Waals surface area contributed by atoms with E-state index >= 15 is 0 Å². The van der Waals surface area contributed by atoms with Gasteiger partial charge in [-0.05, 0) is 51.3 Å². The maximum atomic E-state index is 13.6. The summed E-state index contributed by atoms with van der Waals surface area (Å²) in [5.41, 5.74) is -2.99. The summed E-state index contributed by atoms with van der Waals surface area (Å²) in [7, 11) is 0. The standard InChI is InChI=1S/C20H24F4N2O4/c1-18(2,3)30-17(28)26-8-9-29-11-15(26)16(27)25-19(6-7-19)12-4-5-14(21)13(10-12)20(22,23)24/h4-5,10,15H,6-9,11H2,1-3H3,(H,25,27). The molecule has 1 saturated heterocycles. The Balaban J connectivity index is 1.78. The number of rotatable bonds is 3. The topological polar surface area (TPSA) is 67.9 Å². The maximum Gasteiger partial charge on any atom is 0.419 e. The van der Waals surface area contributed by atoms with E-state index in [1.54, 1.807) is 20.8 Å². The van der Waals surface area contributed by atoms with E-state index in [0.29, 0.717) is 12.8 Å². The molecule has 1 saturated carbocycles. The molecule has 1 heterocycles. The lowest BCUT2D eigenvalue weighted by Crippen LogP contribution is -2.58. The number of hydrogen-bond acceptors (Lipinski definition) is 4. The third-order valence-corrected chi connectivity index (χ3v) is 5.00. The van der Waals surface area contributed by atoms with Gasteiger partial charge in [0, 0.05) is 6.54 Å². The second-order valence-electron chi connectivity index (χ2n) is 8.53. The highest BCUT2D eigenvalue weighted by Crippen LogP contribution is 2.47. The molecule has 0 aromatic heterocycles. The van der Waals surface area contributed by atoms with Gasteiger partial charge in [-0.2, -0.15) is 13.2 Å². The molecule has 1 atom stereocenters. The van der Waals surface area contributed by atoms with Crippen LogP contribution in [0.2, 0.25) is 0 Å². The maximum absolute atomic E-state index is 13.6. The van der Waals surface area contributed by atoms with Gasteiger partial charge in [-0.25, -0.2) is 9.18 Å². The van der Waals surface area contributed by atoms with Crippen molar-refractivity contribution in [3.8, 4) is 0 Å². The highest BCUT2D eigenvalue weighted by Gasteiger charge is 2.49. The Bertz CT molecular complexity index is 831. The molecule has 0 bridgehead atoms. The molecule has 30 heavy (non-hydrogen) atoms. The fourth-order valence-electron chi connectivity index (χ4n) is 3.33. The Labute approximate surface area is 171 Å². The number of carbonyl (C=O) groups is 2. The first-order chi connectivity index (χ1) is 13.8. The first kappa shape index (κ1) is 22.3. The van der Waals surface area contributed by atoms with Crippen molar-refractivity contribution in [2.24, 2.45) is 0 Å². The molecule has 2 amide bonds. The predicted molar refractivity (Wildman–Crippen MR) is 98.0 cm³/mol. The Morgan fingerprint density at radius 1 is 1.23 bits per heavy atom. The smallest absolute Gasteiger partial charge is 0.419 e. The molecular weight excluding hydrogens is 408 g/mol. The molecule has 2 fully saturated rings. The fourth-order valence-corrected chi connectivity index (χ4v) is 3.33. The average Bonchev–Trinajstić information content (AvgIpc) is 3.40. The summed E-state index contributed by atoms with van der Waals surface area (Å²) in [5.74, 6) is -1.93. The van der Waals surface area contributed by atoms with E-state index in [1.807, 2.05) is 0 Å².